The molecule has 5 N–H and O–H groups in total. The van der Waals surface area contributed by atoms with Gasteiger partial charge in [0, 0.05) is 12.5 Å². The molecular formula is C11H19N3O4. The molecule has 2 atom stereocenters. The summed E-state index contributed by atoms with van der Waals surface area (Å²) in [5.74, 6) is -1.77. The standard InChI is InChI=1S/C11H19N3O4/c1-11(2)5-7(11)14-10(18)13-6(9(16)17)3-4-8(12)15/h6-7H,3-5H2,1-2H3,(H2,12,15)(H,16,17)(H2,13,14,18)/t6-,7?/m0/s1. The smallest absolute Gasteiger partial charge is 0.326 e. The predicted octanol–water partition coefficient (Wildman–Crippen LogP) is -0.197. The highest BCUT2D eigenvalue weighted by Crippen LogP contribution is 2.44. The van der Waals surface area contributed by atoms with Gasteiger partial charge < -0.3 is 21.5 Å². The second-order valence-electron chi connectivity index (χ2n) is 5.26. The van der Waals surface area contributed by atoms with Crippen molar-refractivity contribution in [3.05, 3.63) is 0 Å². The second kappa shape index (κ2) is 5.24. The lowest BCUT2D eigenvalue weighted by Crippen LogP contribution is -2.47. The highest BCUT2D eigenvalue weighted by atomic mass is 16.4. The molecule has 1 saturated carbocycles. The molecule has 0 bridgehead atoms. The number of nitrogens with two attached hydrogens (primary N) is 1. The van der Waals surface area contributed by atoms with Crippen LogP contribution in [-0.4, -0.2) is 35.1 Å². The zero-order valence-electron chi connectivity index (χ0n) is 10.5. The third-order valence-electron chi connectivity index (χ3n) is 3.10. The highest BCUT2D eigenvalue weighted by Gasteiger charge is 2.46. The topological polar surface area (TPSA) is 122 Å². The van der Waals surface area contributed by atoms with Crippen LogP contribution in [0.2, 0.25) is 0 Å². The minimum atomic E-state index is -1.18. The Morgan fingerprint density at radius 2 is 2.00 bits per heavy atom. The van der Waals surface area contributed by atoms with Gasteiger partial charge in [-0.3, -0.25) is 4.79 Å². The summed E-state index contributed by atoms with van der Waals surface area (Å²) < 4.78 is 0. The number of carbonyl (C=O) groups excluding carboxylic acids is 2. The van der Waals surface area contributed by atoms with Crippen LogP contribution in [-0.2, 0) is 9.59 Å². The van der Waals surface area contributed by atoms with Gasteiger partial charge >= 0.3 is 12.0 Å². The molecule has 0 aromatic rings. The van der Waals surface area contributed by atoms with E-state index < -0.39 is 23.9 Å². The average Bonchev–Trinajstić information content (AvgIpc) is 2.79. The Kier molecular flexibility index (Phi) is 4.15. The first-order valence-corrected chi connectivity index (χ1v) is 5.80. The van der Waals surface area contributed by atoms with Crippen LogP contribution in [0.15, 0.2) is 0 Å². The zero-order chi connectivity index (χ0) is 13.9. The molecule has 102 valence electrons. The fraction of sp³-hybridized carbons (Fsp3) is 0.727. The maximum absolute atomic E-state index is 11.5. The monoisotopic (exact) mass is 257 g/mol. The van der Waals surface area contributed by atoms with Gasteiger partial charge in [-0.25, -0.2) is 9.59 Å². The summed E-state index contributed by atoms with van der Waals surface area (Å²) in [7, 11) is 0. The van der Waals surface area contributed by atoms with E-state index in [9.17, 15) is 14.4 Å². The summed E-state index contributed by atoms with van der Waals surface area (Å²) in [4.78, 5) is 33.0. The summed E-state index contributed by atoms with van der Waals surface area (Å²) in [6.07, 6.45) is 0.789. The molecule has 0 heterocycles. The van der Waals surface area contributed by atoms with Gasteiger partial charge in [-0.05, 0) is 18.3 Å². The second-order valence-corrected chi connectivity index (χ2v) is 5.26. The third-order valence-corrected chi connectivity index (χ3v) is 3.10. The van der Waals surface area contributed by atoms with E-state index >= 15 is 0 Å². The summed E-state index contributed by atoms with van der Waals surface area (Å²) in [6.45, 7) is 4.03. The van der Waals surface area contributed by atoms with E-state index in [1.54, 1.807) is 0 Å². The summed E-state index contributed by atoms with van der Waals surface area (Å²) in [6, 6.07) is -1.55. The number of urea groups is 1. The lowest BCUT2D eigenvalue weighted by molar-refractivity contribution is -0.139. The maximum atomic E-state index is 11.5. The van der Waals surface area contributed by atoms with Crippen molar-refractivity contribution >= 4 is 17.9 Å². The van der Waals surface area contributed by atoms with Gasteiger partial charge in [-0.15, -0.1) is 0 Å². The number of aliphatic carboxylic acids is 1. The van der Waals surface area contributed by atoms with Crippen molar-refractivity contribution in [1.82, 2.24) is 10.6 Å². The largest absolute Gasteiger partial charge is 0.480 e. The van der Waals surface area contributed by atoms with Crippen LogP contribution in [0.4, 0.5) is 4.79 Å². The van der Waals surface area contributed by atoms with Crippen molar-refractivity contribution in [1.29, 1.82) is 0 Å². The van der Waals surface area contributed by atoms with Gasteiger partial charge in [-0.1, -0.05) is 13.8 Å². The number of hydrogen-bond acceptors (Lipinski definition) is 3. The van der Waals surface area contributed by atoms with Crippen molar-refractivity contribution in [2.75, 3.05) is 0 Å². The SMILES string of the molecule is CC1(C)CC1NC(=O)N[C@@H](CCC(N)=O)C(=O)O. The molecule has 0 spiro atoms. The number of nitrogens with one attached hydrogen (secondary N) is 2. The van der Waals surface area contributed by atoms with Crippen molar-refractivity contribution in [3.8, 4) is 0 Å². The fourth-order valence-electron chi connectivity index (χ4n) is 1.62. The Hall–Kier alpha value is -1.79. The number of carbonyl (C=O) groups is 3. The first-order valence-electron chi connectivity index (χ1n) is 5.80. The fourth-order valence-corrected chi connectivity index (χ4v) is 1.62. The van der Waals surface area contributed by atoms with Gasteiger partial charge in [0.2, 0.25) is 5.91 Å². The average molecular weight is 257 g/mol. The molecule has 7 heteroatoms. The number of rotatable bonds is 6. The molecule has 1 rings (SSSR count). The van der Waals surface area contributed by atoms with Crippen LogP contribution in [0.5, 0.6) is 0 Å². The Morgan fingerprint density at radius 3 is 2.39 bits per heavy atom. The summed E-state index contributed by atoms with van der Waals surface area (Å²) >= 11 is 0. The van der Waals surface area contributed by atoms with Crippen molar-refractivity contribution in [2.24, 2.45) is 11.1 Å². The van der Waals surface area contributed by atoms with E-state index in [4.69, 9.17) is 10.8 Å². The number of carboxylic acids is 1. The van der Waals surface area contributed by atoms with Crippen LogP contribution in [0.25, 0.3) is 0 Å². The molecule has 1 aliphatic carbocycles. The van der Waals surface area contributed by atoms with E-state index in [2.05, 4.69) is 10.6 Å². The molecule has 1 aliphatic rings. The molecule has 3 amide bonds. The number of amides is 3. The van der Waals surface area contributed by atoms with Gasteiger partial charge in [0.1, 0.15) is 6.04 Å². The number of primary amides is 1. The van der Waals surface area contributed by atoms with Crippen molar-refractivity contribution in [2.45, 2.75) is 45.2 Å². The molecule has 1 fully saturated rings. The Morgan fingerprint density at radius 1 is 1.44 bits per heavy atom. The Bertz CT molecular complexity index is 367. The summed E-state index contributed by atoms with van der Waals surface area (Å²) in [5, 5.41) is 13.9. The molecule has 0 aromatic heterocycles. The number of carboxylic acid groups (broad SMARTS) is 1. The molecule has 18 heavy (non-hydrogen) atoms. The van der Waals surface area contributed by atoms with Crippen LogP contribution >= 0.6 is 0 Å². The third kappa shape index (κ3) is 4.23. The molecule has 1 unspecified atom stereocenters. The van der Waals surface area contributed by atoms with Gasteiger partial charge in [0.05, 0.1) is 0 Å². The van der Waals surface area contributed by atoms with Gasteiger partial charge in [-0.2, -0.15) is 0 Å². The predicted molar refractivity (Wildman–Crippen MR) is 63.7 cm³/mol. The van der Waals surface area contributed by atoms with Crippen molar-refractivity contribution in [3.63, 3.8) is 0 Å². The lowest BCUT2D eigenvalue weighted by Gasteiger charge is -2.15. The summed E-state index contributed by atoms with van der Waals surface area (Å²) in [5.41, 5.74) is 5.01. The number of hydrogen-bond donors (Lipinski definition) is 4. The van der Waals surface area contributed by atoms with E-state index in [1.807, 2.05) is 13.8 Å². The minimum absolute atomic E-state index is 0.00779. The molecule has 7 nitrogen and oxygen atoms in total. The van der Waals surface area contributed by atoms with Crippen LogP contribution in [0.3, 0.4) is 0 Å². The van der Waals surface area contributed by atoms with Crippen LogP contribution in [0.1, 0.15) is 33.1 Å². The van der Waals surface area contributed by atoms with E-state index in [0.29, 0.717) is 0 Å². The van der Waals surface area contributed by atoms with Crippen molar-refractivity contribution < 1.29 is 19.5 Å². The quantitative estimate of drug-likeness (QED) is 0.526. The molecular weight excluding hydrogens is 238 g/mol. The van der Waals surface area contributed by atoms with Gasteiger partial charge in [0.25, 0.3) is 0 Å². The molecule has 0 saturated heterocycles. The molecule has 0 radical (unpaired) electrons. The first-order chi connectivity index (χ1) is 8.22. The molecule has 0 aliphatic heterocycles. The van der Waals surface area contributed by atoms with Crippen LogP contribution < -0.4 is 16.4 Å². The minimum Gasteiger partial charge on any atom is -0.480 e. The maximum Gasteiger partial charge on any atom is 0.326 e. The van der Waals surface area contributed by atoms with E-state index in [-0.39, 0.29) is 24.3 Å². The van der Waals surface area contributed by atoms with E-state index in [1.165, 1.54) is 0 Å². The Labute approximate surface area is 105 Å². The lowest BCUT2D eigenvalue weighted by atomic mass is 10.1. The first kappa shape index (κ1) is 14.3. The Balaban J connectivity index is 2.38. The zero-order valence-corrected chi connectivity index (χ0v) is 10.5. The highest BCUT2D eigenvalue weighted by molar-refractivity contribution is 5.83. The van der Waals surface area contributed by atoms with Crippen LogP contribution in [0, 0.1) is 5.41 Å². The normalized spacial score (nSPS) is 21.8. The van der Waals surface area contributed by atoms with Gasteiger partial charge in [0.15, 0.2) is 0 Å². The van der Waals surface area contributed by atoms with E-state index in [0.717, 1.165) is 6.42 Å². The molecule has 0 aromatic carbocycles.